The van der Waals surface area contributed by atoms with Crippen LogP contribution in [0, 0.1) is 5.82 Å². The van der Waals surface area contributed by atoms with Gasteiger partial charge in [0.2, 0.25) is 5.91 Å². The van der Waals surface area contributed by atoms with Crippen LogP contribution in [0.5, 0.6) is 0 Å². The van der Waals surface area contributed by atoms with Gasteiger partial charge in [0.15, 0.2) is 0 Å². The molecule has 3 N–H and O–H groups in total. The Kier molecular flexibility index (Phi) is 4.92. The molecule has 2 aromatic rings. The monoisotopic (exact) mass is 328 g/mol. The molecular formula is C19H21FN2O2. The summed E-state index contributed by atoms with van der Waals surface area (Å²) in [7, 11) is 0. The lowest BCUT2D eigenvalue weighted by Gasteiger charge is -2.18. The predicted octanol–water partition coefficient (Wildman–Crippen LogP) is 2.39. The van der Waals surface area contributed by atoms with E-state index in [1.165, 1.54) is 6.07 Å². The first-order valence-electron chi connectivity index (χ1n) is 8.11. The number of rotatable bonds is 4. The van der Waals surface area contributed by atoms with E-state index in [4.69, 9.17) is 0 Å². The first-order chi connectivity index (χ1) is 11.5. The Balaban J connectivity index is 1.67. The van der Waals surface area contributed by atoms with Gasteiger partial charge in [-0.25, -0.2) is 4.39 Å². The summed E-state index contributed by atoms with van der Waals surface area (Å²) in [6, 6.07) is 13.6. The molecule has 0 radical (unpaired) electrons. The van der Waals surface area contributed by atoms with Gasteiger partial charge in [-0.2, -0.15) is 0 Å². The van der Waals surface area contributed by atoms with Crippen molar-refractivity contribution in [3.8, 4) is 11.1 Å². The van der Waals surface area contributed by atoms with Gasteiger partial charge in [-0.15, -0.1) is 0 Å². The lowest BCUT2D eigenvalue weighted by Crippen LogP contribution is -2.41. The maximum absolute atomic E-state index is 13.8. The fourth-order valence-electron chi connectivity index (χ4n) is 2.96. The summed E-state index contributed by atoms with van der Waals surface area (Å²) in [4.78, 5) is 12.2. The average Bonchev–Trinajstić information content (AvgIpc) is 3.02. The van der Waals surface area contributed by atoms with E-state index in [9.17, 15) is 14.3 Å². The molecule has 1 aliphatic heterocycles. The minimum Gasteiger partial charge on any atom is -0.392 e. The van der Waals surface area contributed by atoms with Gasteiger partial charge in [-0.3, -0.25) is 4.79 Å². The summed E-state index contributed by atoms with van der Waals surface area (Å²) in [6.07, 6.45) is -0.0266. The van der Waals surface area contributed by atoms with Crippen LogP contribution in [0.4, 0.5) is 4.39 Å². The zero-order valence-electron chi connectivity index (χ0n) is 13.5. The number of carbonyl (C=O) groups excluding carboxylic acids is 1. The summed E-state index contributed by atoms with van der Waals surface area (Å²) in [6.45, 7) is 2.35. The number of aliphatic hydroxyl groups is 1. The zero-order chi connectivity index (χ0) is 17.1. The highest BCUT2D eigenvalue weighted by Gasteiger charge is 2.28. The lowest BCUT2D eigenvalue weighted by molar-refractivity contribution is -0.123. The first-order valence-corrected chi connectivity index (χ1v) is 8.11. The van der Waals surface area contributed by atoms with Gasteiger partial charge in [-0.05, 0) is 30.5 Å². The molecule has 4 nitrogen and oxygen atoms in total. The Bertz CT molecular complexity index is 718. The largest absolute Gasteiger partial charge is 0.392 e. The van der Waals surface area contributed by atoms with Gasteiger partial charge < -0.3 is 15.7 Å². The van der Waals surface area contributed by atoms with Crippen molar-refractivity contribution in [2.24, 2.45) is 0 Å². The summed E-state index contributed by atoms with van der Waals surface area (Å²) in [5.74, 6) is -0.366. The molecule has 0 aliphatic carbocycles. The Labute approximate surface area is 140 Å². The van der Waals surface area contributed by atoms with Crippen LogP contribution in [0.2, 0.25) is 0 Å². The second-order valence-electron chi connectivity index (χ2n) is 6.18. The maximum Gasteiger partial charge on any atom is 0.237 e. The van der Waals surface area contributed by atoms with Gasteiger partial charge in [0.05, 0.1) is 18.2 Å². The average molecular weight is 328 g/mol. The second-order valence-corrected chi connectivity index (χ2v) is 6.18. The normalized spacial score (nSPS) is 21.5. The van der Waals surface area contributed by atoms with Gasteiger partial charge in [0, 0.05) is 12.1 Å². The number of benzene rings is 2. The van der Waals surface area contributed by atoms with Crippen molar-refractivity contribution in [3.05, 3.63) is 59.9 Å². The highest BCUT2D eigenvalue weighted by atomic mass is 19.1. The van der Waals surface area contributed by atoms with Crippen molar-refractivity contribution in [2.45, 2.75) is 31.5 Å². The maximum atomic E-state index is 13.8. The summed E-state index contributed by atoms with van der Waals surface area (Å²) < 4.78 is 13.8. The summed E-state index contributed by atoms with van der Waals surface area (Å²) in [5, 5.41) is 15.4. The SMILES string of the molecule is C[C@H](NC(=O)[C@@H]1C[C@@H](O)CN1)c1ccc(-c2ccccc2F)cc1. The number of halogens is 1. The predicted molar refractivity (Wildman–Crippen MR) is 90.8 cm³/mol. The van der Waals surface area contributed by atoms with Crippen LogP contribution in [0.15, 0.2) is 48.5 Å². The minimum absolute atomic E-state index is 0.114. The molecule has 3 atom stereocenters. The molecule has 1 aliphatic rings. The van der Waals surface area contributed by atoms with Crippen molar-refractivity contribution < 1.29 is 14.3 Å². The fraction of sp³-hybridized carbons (Fsp3) is 0.316. The van der Waals surface area contributed by atoms with E-state index in [1.54, 1.807) is 18.2 Å². The van der Waals surface area contributed by atoms with Crippen LogP contribution >= 0.6 is 0 Å². The Morgan fingerprint density at radius 1 is 1.25 bits per heavy atom. The Hall–Kier alpha value is -2.24. The lowest BCUT2D eigenvalue weighted by atomic mass is 10.0. The molecule has 1 saturated heterocycles. The van der Waals surface area contributed by atoms with Gasteiger partial charge >= 0.3 is 0 Å². The van der Waals surface area contributed by atoms with E-state index in [0.29, 0.717) is 18.5 Å². The molecule has 126 valence electrons. The molecule has 1 heterocycles. The summed E-state index contributed by atoms with van der Waals surface area (Å²) >= 11 is 0. The van der Waals surface area contributed by atoms with E-state index in [1.807, 2.05) is 31.2 Å². The van der Waals surface area contributed by atoms with E-state index in [2.05, 4.69) is 10.6 Å². The number of hydrogen-bond donors (Lipinski definition) is 3. The number of aliphatic hydroxyl groups excluding tert-OH is 1. The molecule has 0 saturated carbocycles. The van der Waals surface area contributed by atoms with E-state index >= 15 is 0 Å². The van der Waals surface area contributed by atoms with Gasteiger partial charge in [0.1, 0.15) is 5.82 Å². The molecule has 0 spiro atoms. The van der Waals surface area contributed by atoms with Crippen molar-refractivity contribution >= 4 is 5.91 Å². The molecule has 0 bridgehead atoms. The second kappa shape index (κ2) is 7.11. The van der Waals surface area contributed by atoms with Crippen LogP contribution in [0.25, 0.3) is 11.1 Å². The highest BCUT2D eigenvalue weighted by Crippen LogP contribution is 2.24. The van der Waals surface area contributed by atoms with Crippen LogP contribution < -0.4 is 10.6 Å². The van der Waals surface area contributed by atoms with Crippen molar-refractivity contribution in [3.63, 3.8) is 0 Å². The van der Waals surface area contributed by atoms with E-state index in [0.717, 1.165) is 11.1 Å². The van der Waals surface area contributed by atoms with Crippen LogP contribution in [-0.4, -0.2) is 29.7 Å². The molecule has 1 amide bonds. The van der Waals surface area contributed by atoms with Gasteiger partial charge in [-0.1, -0.05) is 42.5 Å². The molecule has 0 unspecified atom stereocenters. The fourth-order valence-corrected chi connectivity index (χ4v) is 2.96. The highest BCUT2D eigenvalue weighted by molar-refractivity contribution is 5.82. The molecule has 0 aromatic heterocycles. The zero-order valence-corrected chi connectivity index (χ0v) is 13.5. The topological polar surface area (TPSA) is 61.4 Å². The quantitative estimate of drug-likeness (QED) is 0.808. The van der Waals surface area contributed by atoms with Crippen molar-refractivity contribution in [1.29, 1.82) is 0 Å². The van der Waals surface area contributed by atoms with Crippen molar-refractivity contribution in [2.75, 3.05) is 6.54 Å². The van der Waals surface area contributed by atoms with Crippen LogP contribution in [0.1, 0.15) is 24.9 Å². The van der Waals surface area contributed by atoms with E-state index < -0.39 is 6.10 Å². The van der Waals surface area contributed by atoms with Crippen molar-refractivity contribution in [1.82, 2.24) is 10.6 Å². The molecule has 1 fully saturated rings. The van der Waals surface area contributed by atoms with E-state index in [-0.39, 0.29) is 23.8 Å². The number of carbonyl (C=O) groups is 1. The van der Waals surface area contributed by atoms with Crippen LogP contribution in [-0.2, 0) is 4.79 Å². The number of hydrogen-bond acceptors (Lipinski definition) is 3. The van der Waals surface area contributed by atoms with Gasteiger partial charge in [0.25, 0.3) is 0 Å². The Morgan fingerprint density at radius 2 is 1.96 bits per heavy atom. The number of β-amino-alcohol motifs (C(OH)–C–C–N with tert-alkyl or cyclic N) is 1. The minimum atomic E-state index is -0.462. The first kappa shape index (κ1) is 16.6. The third kappa shape index (κ3) is 3.63. The number of amides is 1. The molecule has 2 aromatic carbocycles. The van der Waals surface area contributed by atoms with Crippen LogP contribution in [0.3, 0.4) is 0 Å². The molecule has 24 heavy (non-hydrogen) atoms. The third-order valence-electron chi connectivity index (χ3n) is 4.38. The molecule has 5 heteroatoms. The molecule has 3 rings (SSSR count). The number of nitrogens with one attached hydrogen (secondary N) is 2. The third-order valence-corrected chi connectivity index (χ3v) is 4.38. The standard InChI is InChI=1S/C19H21FN2O2/c1-12(22-19(24)18-10-15(23)11-21-18)13-6-8-14(9-7-13)16-4-2-3-5-17(16)20/h2-9,12,15,18,21,23H,10-11H2,1H3,(H,22,24)/t12-,15+,18-/m0/s1. The molecular weight excluding hydrogens is 307 g/mol. The Morgan fingerprint density at radius 3 is 2.58 bits per heavy atom. The smallest absolute Gasteiger partial charge is 0.237 e. The summed E-state index contributed by atoms with van der Waals surface area (Å²) in [5.41, 5.74) is 2.31.